The van der Waals surface area contributed by atoms with E-state index in [1.165, 1.54) is 34.9 Å². The number of pyridine rings is 1. The van der Waals surface area contributed by atoms with Crippen LogP contribution >= 0.6 is 0 Å². The molecule has 3 nitrogen and oxygen atoms in total. The monoisotopic (exact) mass is 426 g/mol. The Balaban J connectivity index is 1.92. The van der Waals surface area contributed by atoms with E-state index in [0.29, 0.717) is 0 Å². The molecule has 0 spiro atoms. The first kappa shape index (κ1) is 21.1. The van der Waals surface area contributed by atoms with Crippen molar-refractivity contribution in [3.63, 3.8) is 0 Å². The Morgan fingerprint density at radius 3 is 2.09 bits per heavy atom. The summed E-state index contributed by atoms with van der Waals surface area (Å²) in [5, 5.41) is 12.7. The standard InChI is InChI=1S/C29H34N2O/c1-27(2,3)18-10-13-30-26(14-18)31-24-15-19(32)8-9-20(24)21-16-22-23(17-25(21)31)29(6,7)12-11-28(22,4)5/h8-10,13-17,32H,11-12H2,1-7H3. The number of fused-ring (bicyclic) bond motifs is 4. The predicted octanol–water partition coefficient (Wildman–Crippen LogP) is 7.53. The molecular formula is C29H34N2O. The third-order valence-corrected chi connectivity index (χ3v) is 7.56. The summed E-state index contributed by atoms with van der Waals surface area (Å²) in [5.74, 6) is 1.18. The third-order valence-electron chi connectivity index (χ3n) is 7.56. The molecule has 3 heteroatoms. The molecule has 0 radical (unpaired) electrons. The maximum atomic E-state index is 10.4. The van der Waals surface area contributed by atoms with Crippen molar-refractivity contribution < 1.29 is 5.11 Å². The van der Waals surface area contributed by atoms with Crippen molar-refractivity contribution in [2.75, 3.05) is 0 Å². The second-order valence-corrected chi connectivity index (χ2v) is 11.9. The first-order chi connectivity index (χ1) is 14.9. The Hall–Kier alpha value is -2.81. The number of aromatic hydroxyl groups is 1. The van der Waals surface area contributed by atoms with E-state index in [0.717, 1.165) is 22.2 Å². The highest BCUT2D eigenvalue weighted by molar-refractivity contribution is 6.10. The molecule has 0 atom stereocenters. The zero-order chi connectivity index (χ0) is 23.1. The highest BCUT2D eigenvalue weighted by atomic mass is 16.3. The van der Waals surface area contributed by atoms with Crippen LogP contribution in [0.1, 0.15) is 78.0 Å². The van der Waals surface area contributed by atoms with Crippen molar-refractivity contribution in [2.24, 2.45) is 0 Å². The lowest BCUT2D eigenvalue weighted by atomic mass is 9.63. The smallest absolute Gasteiger partial charge is 0.137 e. The average molecular weight is 427 g/mol. The Kier molecular flexibility index (Phi) is 4.34. The van der Waals surface area contributed by atoms with Gasteiger partial charge in [0, 0.05) is 23.0 Å². The highest BCUT2D eigenvalue weighted by Gasteiger charge is 2.37. The molecule has 0 saturated carbocycles. The van der Waals surface area contributed by atoms with Gasteiger partial charge in [0.05, 0.1) is 11.0 Å². The molecule has 1 N–H and O–H groups in total. The molecule has 32 heavy (non-hydrogen) atoms. The van der Waals surface area contributed by atoms with Gasteiger partial charge in [-0.25, -0.2) is 4.98 Å². The molecule has 2 aromatic heterocycles. The summed E-state index contributed by atoms with van der Waals surface area (Å²) in [6, 6.07) is 14.8. The maximum Gasteiger partial charge on any atom is 0.137 e. The largest absolute Gasteiger partial charge is 0.508 e. The quantitative estimate of drug-likeness (QED) is 0.341. The van der Waals surface area contributed by atoms with Crippen LogP contribution in [0, 0.1) is 0 Å². The fraction of sp³-hybridized carbons (Fsp3) is 0.414. The summed E-state index contributed by atoms with van der Waals surface area (Å²) in [7, 11) is 0. The number of benzene rings is 2. The van der Waals surface area contributed by atoms with E-state index in [2.05, 4.69) is 77.3 Å². The highest BCUT2D eigenvalue weighted by Crippen LogP contribution is 2.48. The van der Waals surface area contributed by atoms with Gasteiger partial charge in [0.2, 0.25) is 0 Å². The zero-order valence-electron chi connectivity index (χ0n) is 20.4. The molecule has 2 aromatic carbocycles. The summed E-state index contributed by atoms with van der Waals surface area (Å²) >= 11 is 0. The van der Waals surface area contributed by atoms with Crippen LogP contribution in [0.3, 0.4) is 0 Å². The summed E-state index contributed by atoms with van der Waals surface area (Å²) in [6.45, 7) is 16.1. The summed E-state index contributed by atoms with van der Waals surface area (Å²) < 4.78 is 2.23. The molecular weight excluding hydrogens is 392 g/mol. The summed E-state index contributed by atoms with van der Waals surface area (Å²) in [6.07, 6.45) is 4.27. The van der Waals surface area contributed by atoms with Gasteiger partial charge in [0.15, 0.2) is 0 Å². The average Bonchev–Trinajstić information content (AvgIpc) is 3.03. The molecule has 0 amide bonds. The third kappa shape index (κ3) is 3.13. The van der Waals surface area contributed by atoms with Crippen LogP contribution in [0.5, 0.6) is 5.75 Å². The Bertz CT molecular complexity index is 1370. The number of phenols is 1. The van der Waals surface area contributed by atoms with Gasteiger partial charge in [0.25, 0.3) is 0 Å². The van der Waals surface area contributed by atoms with Gasteiger partial charge >= 0.3 is 0 Å². The molecule has 0 unspecified atom stereocenters. The van der Waals surface area contributed by atoms with Crippen molar-refractivity contribution in [2.45, 2.75) is 77.6 Å². The zero-order valence-corrected chi connectivity index (χ0v) is 20.4. The van der Waals surface area contributed by atoms with Crippen LogP contribution in [-0.2, 0) is 16.2 Å². The minimum absolute atomic E-state index is 0.0315. The van der Waals surface area contributed by atoms with Crippen molar-refractivity contribution >= 4 is 21.8 Å². The van der Waals surface area contributed by atoms with E-state index in [1.807, 2.05) is 18.3 Å². The topological polar surface area (TPSA) is 38.0 Å². The van der Waals surface area contributed by atoms with Gasteiger partial charge in [-0.3, -0.25) is 4.57 Å². The molecule has 0 saturated heterocycles. The molecule has 4 aromatic rings. The number of hydrogen-bond donors (Lipinski definition) is 1. The van der Waals surface area contributed by atoms with Crippen LogP contribution in [0.25, 0.3) is 27.6 Å². The predicted molar refractivity (Wildman–Crippen MR) is 134 cm³/mol. The van der Waals surface area contributed by atoms with E-state index in [4.69, 9.17) is 4.98 Å². The van der Waals surface area contributed by atoms with Gasteiger partial charge in [-0.15, -0.1) is 0 Å². The fourth-order valence-corrected chi connectivity index (χ4v) is 5.32. The van der Waals surface area contributed by atoms with Crippen molar-refractivity contribution in [3.05, 3.63) is 65.4 Å². The van der Waals surface area contributed by atoms with E-state index in [1.54, 1.807) is 6.07 Å². The fourth-order valence-electron chi connectivity index (χ4n) is 5.32. The molecule has 2 heterocycles. The maximum absolute atomic E-state index is 10.4. The SMILES string of the molecule is CC(C)(C)c1ccnc(-n2c3cc(O)ccc3c3cc4c(cc32)C(C)(C)CCC4(C)C)c1. The van der Waals surface area contributed by atoms with E-state index in [9.17, 15) is 5.11 Å². The molecule has 166 valence electrons. The normalized spacial score (nSPS) is 17.6. The molecule has 0 aliphatic heterocycles. The first-order valence-electron chi connectivity index (χ1n) is 11.7. The minimum Gasteiger partial charge on any atom is -0.508 e. The lowest BCUT2D eigenvalue weighted by Gasteiger charge is -2.42. The number of hydrogen-bond acceptors (Lipinski definition) is 2. The summed E-state index contributed by atoms with van der Waals surface area (Å²) in [5.41, 5.74) is 6.59. The molecule has 1 aliphatic carbocycles. The second kappa shape index (κ2) is 6.60. The van der Waals surface area contributed by atoms with Gasteiger partial charge in [-0.1, -0.05) is 48.5 Å². The molecule has 5 rings (SSSR count). The number of nitrogens with zero attached hydrogens (tertiary/aromatic N) is 2. The molecule has 1 aliphatic rings. The van der Waals surface area contributed by atoms with Gasteiger partial charge < -0.3 is 5.11 Å². The Labute approximate surface area is 191 Å². The number of phenolic OH excluding ortho intramolecular Hbond substituents is 1. The summed E-state index contributed by atoms with van der Waals surface area (Å²) in [4.78, 5) is 4.78. The number of aromatic nitrogens is 2. The Morgan fingerprint density at radius 1 is 0.812 bits per heavy atom. The van der Waals surface area contributed by atoms with Crippen LogP contribution in [0.2, 0.25) is 0 Å². The van der Waals surface area contributed by atoms with Gasteiger partial charge in [-0.05, 0) is 82.2 Å². The van der Waals surface area contributed by atoms with Crippen molar-refractivity contribution in [3.8, 4) is 11.6 Å². The van der Waals surface area contributed by atoms with Crippen LogP contribution < -0.4 is 0 Å². The Morgan fingerprint density at radius 2 is 1.44 bits per heavy atom. The van der Waals surface area contributed by atoms with Gasteiger partial charge in [-0.2, -0.15) is 0 Å². The van der Waals surface area contributed by atoms with Crippen LogP contribution in [0.4, 0.5) is 0 Å². The van der Waals surface area contributed by atoms with Crippen molar-refractivity contribution in [1.29, 1.82) is 0 Å². The lowest BCUT2D eigenvalue weighted by Crippen LogP contribution is -2.33. The second-order valence-electron chi connectivity index (χ2n) is 11.9. The first-order valence-corrected chi connectivity index (χ1v) is 11.7. The minimum atomic E-state index is 0.0315. The van der Waals surface area contributed by atoms with Crippen LogP contribution in [0.15, 0.2) is 48.7 Å². The van der Waals surface area contributed by atoms with E-state index < -0.39 is 0 Å². The van der Waals surface area contributed by atoms with Gasteiger partial charge in [0.1, 0.15) is 11.6 Å². The van der Waals surface area contributed by atoms with E-state index >= 15 is 0 Å². The lowest BCUT2D eigenvalue weighted by molar-refractivity contribution is 0.332. The molecule has 0 fully saturated rings. The van der Waals surface area contributed by atoms with Crippen LogP contribution in [-0.4, -0.2) is 14.7 Å². The molecule has 0 bridgehead atoms. The van der Waals surface area contributed by atoms with E-state index in [-0.39, 0.29) is 22.0 Å². The van der Waals surface area contributed by atoms with Crippen molar-refractivity contribution in [1.82, 2.24) is 9.55 Å². The number of rotatable bonds is 1.